The van der Waals surface area contributed by atoms with Gasteiger partial charge in [-0.25, -0.2) is 0 Å². The minimum Gasteiger partial charge on any atom is -0.493 e. The number of ether oxygens (including phenoxy) is 1. The number of fused-ring (bicyclic) bond motifs is 1. The van der Waals surface area contributed by atoms with Crippen molar-refractivity contribution in [1.29, 1.82) is 0 Å². The highest BCUT2D eigenvalue weighted by atomic mass is 16.5. The summed E-state index contributed by atoms with van der Waals surface area (Å²) in [4.78, 5) is 4.31. The first-order chi connectivity index (χ1) is 9.69. The van der Waals surface area contributed by atoms with Crippen LogP contribution in [0.25, 0.3) is 10.9 Å². The Balaban J connectivity index is 1.89. The van der Waals surface area contributed by atoms with E-state index in [4.69, 9.17) is 4.74 Å². The third-order valence-corrected chi connectivity index (χ3v) is 3.10. The molecule has 1 aromatic carbocycles. The average molecular weight is 274 g/mol. The van der Waals surface area contributed by atoms with Crippen LogP contribution in [0.15, 0.2) is 36.5 Å². The molecule has 2 aromatic rings. The largest absolute Gasteiger partial charge is 0.493 e. The molecule has 0 saturated carbocycles. The van der Waals surface area contributed by atoms with Crippen molar-refractivity contribution in [2.75, 3.05) is 13.2 Å². The lowest BCUT2D eigenvalue weighted by atomic mass is 10.2. The Bertz CT molecular complexity index is 543. The highest BCUT2D eigenvalue weighted by Gasteiger charge is 2.08. The predicted molar refractivity (Wildman–Crippen MR) is 81.0 cm³/mol. The van der Waals surface area contributed by atoms with Gasteiger partial charge in [0.1, 0.15) is 5.75 Å². The zero-order valence-corrected chi connectivity index (χ0v) is 12.0. The van der Waals surface area contributed by atoms with Crippen molar-refractivity contribution < 1.29 is 9.84 Å². The maximum atomic E-state index is 9.29. The van der Waals surface area contributed by atoms with Crippen molar-refractivity contribution in [2.45, 2.75) is 32.4 Å². The molecule has 2 rings (SSSR count). The SMILES string of the molecule is CC(C)NC(CO)CCOc1ccc2cccnc2c1. The van der Waals surface area contributed by atoms with Crippen LogP contribution < -0.4 is 10.1 Å². The smallest absolute Gasteiger partial charge is 0.121 e. The van der Waals surface area contributed by atoms with Crippen molar-refractivity contribution >= 4 is 10.9 Å². The van der Waals surface area contributed by atoms with Gasteiger partial charge in [0.2, 0.25) is 0 Å². The molecule has 0 saturated heterocycles. The van der Waals surface area contributed by atoms with Crippen molar-refractivity contribution in [3.8, 4) is 5.75 Å². The lowest BCUT2D eigenvalue weighted by Gasteiger charge is -2.19. The zero-order chi connectivity index (χ0) is 14.4. The van der Waals surface area contributed by atoms with Crippen LogP contribution in [0.4, 0.5) is 0 Å². The minimum atomic E-state index is 0.0774. The quantitative estimate of drug-likeness (QED) is 0.814. The number of benzene rings is 1. The van der Waals surface area contributed by atoms with Gasteiger partial charge < -0.3 is 15.2 Å². The van der Waals surface area contributed by atoms with E-state index < -0.39 is 0 Å². The maximum Gasteiger partial charge on any atom is 0.121 e. The van der Waals surface area contributed by atoms with Crippen molar-refractivity contribution in [2.24, 2.45) is 0 Å². The fourth-order valence-corrected chi connectivity index (χ4v) is 2.15. The number of hydrogen-bond acceptors (Lipinski definition) is 4. The second-order valence-electron chi connectivity index (χ2n) is 5.20. The Morgan fingerprint density at radius 2 is 2.15 bits per heavy atom. The highest BCUT2D eigenvalue weighted by molar-refractivity contribution is 5.79. The van der Waals surface area contributed by atoms with E-state index in [1.165, 1.54) is 0 Å². The molecular weight excluding hydrogens is 252 g/mol. The van der Waals surface area contributed by atoms with Gasteiger partial charge in [0.15, 0.2) is 0 Å². The molecule has 0 spiro atoms. The number of aliphatic hydroxyl groups excluding tert-OH is 1. The number of aromatic nitrogens is 1. The summed E-state index contributed by atoms with van der Waals surface area (Å²) in [6, 6.07) is 10.3. The topological polar surface area (TPSA) is 54.4 Å². The molecule has 0 bridgehead atoms. The van der Waals surface area contributed by atoms with Crippen LogP contribution in [0.1, 0.15) is 20.3 Å². The first-order valence-electron chi connectivity index (χ1n) is 7.03. The second-order valence-corrected chi connectivity index (χ2v) is 5.20. The maximum absolute atomic E-state index is 9.29. The number of pyridine rings is 1. The Kier molecular flexibility index (Phi) is 5.32. The van der Waals surface area contributed by atoms with Crippen LogP contribution in [-0.4, -0.2) is 35.4 Å². The van der Waals surface area contributed by atoms with Crippen molar-refractivity contribution in [3.63, 3.8) is 0 Å². The summed E-state index contributed by atoms with van der Waals surface area (Å²) in [5.74, 6) is 0.817. The van der Waals surface area contributed by atoms with Crippen molar-refractivity contribution in [1.82, 2.24) is 10.3 Å². The van der Waals surface area contributed by atoms with E-state index in [2.05, 4.69) is 24.1 Å². The summed E-state index contributed by atoms with van der Waals surface area (Å²) in [7, 11) is 0. The Morgan fingerprint density at radius 1 is 1.30 bits per heavy atom. The monoisotopic (exact) mass is 274 g/mol. The molecule has 4 nitrogen and oxygen atoms in total. The van der Waals surface area contributed by atoms with E-state index in [0.717, 1.165) is 23.1 Å². The highest BCUT2D eigenvalue weighted by Crippen LogP contribution is 2.18. The van der Waals surface area contributed by atoms with E-state index in [1.807, 2.05) is 30.3 Å². The van der Waals surface area contributed by atoms with Gasteiger partial charge in [0.05, 0.1) is 18.7 Å². The van der Waals surface area contributed by atoms with E-state index in [1.54, 1.807) is 6.20 Å². The van der Waals surface area contributed by atoms with E-state index in [0.29, 0.717) is 12.6 Å². The van der Waals surface area contributed by atoms with Gasteiger partial charge in [-0.3, -0.25) is 4.98 Å². The van der Waals surface area contributed by atoms with Crippen LogP contribution in [0.5, 0.6) is 5.75 Å². The molecule has 0 radical (unpaired) electrons. The number of hydrogen-bond donors (Lipinski definition) is 2. The molecule has 4 heteroatoms. The lowest BCUT2D eigenvalue weighted by Crippen LogP contribution is -2.38. The van der Waals surface area contributed by atoms with Gasteiger partial charge in [-0.15, -0.1) is 0 Å². The van der Waals surface area contributed by atoms with Crippen LogP contribution in [0.3, 0.4) is 0 Å². The van der Waals surface area contributed by atoms with Gasteiger partial charge in [0, 0.05) is 29.7 Å². The third-order valence-electron chi connectivity index (χ3n) is 3.10. The summed E-state index contributed by atoms with van der Waals surface area (Å²) in [6.45, 7) is 4.83. The Morgan fingerprint density at radius 3 is 2.90 bits per heavy atom. The molecule has 20 heavy (non-hydrogen) atoms. The number of nitrogens with zero attached hydrogens (tertiary/aromatic N) is 1. The molecule has 1 aromatic heterocycles. The van der Waals surface area contributed by atoms with Gasteiger partial charge >= 0.3 is 0 Å². The van der Waals surface area contributed by atoms with Crippen LogP contribution in [-0.2, 0) is 0 Å². The molecule has 0 aliphatic heterocycles. The number of rotatable bonds is 7. The normalized spacial score (nSPS) is 12.8. The fourth-order valence-electron chi connectivity index (χ4n) is 2.15. The average Bonchev–Trinajstić information content (AvgIpc) is 2.45. The second kappa shape index (κ2) is 7.22. The van der Waals surface area contributed by atoms with Crippen LogP contribution in [0, 0.1) is 0 Å². The molecule has 0 aliphatic carbocycles. The summed E-state index contributed by atoms with van der Waals surface area (Å²) >= 11 is 0. The number of nitrogens with one attached hydrogen (secondary N) is 1. The molecular formula is C16H22N2O2. The first kappa shape index (κ1) is 14.8. The number of aliphatic hydroxyl groups is 1. The molecule has 1 heterocycles. The predicted octanol–water partition coefficient (Wildman–Crippen LogP) is 2.36. The minimum absolute atomic E-state index is 0.0774. The fraction of sp³-hybridized carbons (Fsp3) is 0.438. The van der Waals surface area contributed by atoms with Gasteiger partial charge in [-0.1, -0.05) is 19.9 Å². The molecule has 2 N–H and O–H groups in total. The van der Waals surface area contributed by atoms with E-state index in [-0.39, 0.29) is 12.6 Å². The Hall–Kier alpha value is -1.65. The molecule has 0 aliphatic rings. The first-order valence-corrected chi connectivity index (χ1v) is 7.03. The van der Waals surface area contributed by atoms with Gasteiger partial charge in [-0.2, -0.15) is 0 Å². The lowest BCUT2D eigenvalue weighted by molar-refractivity contribution is 0.202. The van der Waals surface area contributed by atoms with Crippen LogP contribution >= 0.6 is 0 Å². The molecule has 1 atom stereocenters. The molecule has 1 unspecified atom stereocenters. The summed E-state index contributed by atoms with van der Waals surface area (Å²) in [5, 5.41) is 13.7. The van der Waals surface area contributed by atoms with Gasteiger partial charge in [0.25, 0.3) is 0 Å². The standard InChI is InChI=1S/C16H22N2O2/c1-12(2)18-14(11-19)7-9-20-15-6-5-13-4-3-8-17-16(13)10-15/h3-6,8,10,12,14,18-19H,7,9,11H2,1-2H3. The Labute approximate surface area is 119 Å². The molecule has 0 amide bonds. The van der Waals surface area contributed by atoms with Crippen molar-refractivity contribution in [3.05, 3.63) is 36.5 Å². The summed E-state index contributed by atoms with van der Waals surface area (Å²) < 4.78 is 5.74. The third kappa shape index (κ3) is 4.18. The van der Waals surface area contributed by atoms with Crippen LogP contribution in [0.2, 0.25) is 0 Å². The van der Waals surface area contributed by atoms with E-state index >= 15 is 0 Å². The molecule has 0 fully saturated rings. The summed E-state index contributed by atoms with van der Waals surface area (Å²) in [6.07, 6.45) is 2.55. The van der Waals surface area contributed by atoms with Gasteiger partial charge in [-0.05, 0) is 24.6 Å². The zero-order valence-electron chi connectivity index (χ0n) is 12.0. The van der Waals surface area contributed by atoms with E-state index in [9.17, 15) is 5.11 Å². The summed E-state index contributed by atoms with van der Waals surface area (Å²) in [5.41, 5.74) is 0.934. The molecule has 108 valence electrons.